The molecule has 0 aliphatic carbocycles. The highest BCUT2D eigenvalue weighted by Crippen LogP contribution is 2.12. The summed E-state index contributed by atoms with van der Waals surface area (Å²) >= 11 is 0. The van der Waals surface area contributed by atoms with Crippen molar-refractivity contribution in [1.82, 2.24) is 10.2 Å². The highest BCUT2D eigenvalue weighted by Gasteiger charge is 2.26. The van der Waals surface area contributed by atoms with E-state index in [0.29, 0.717) is 19.4 Å². The van der Waals surface area contributed by atoms with Crippen molar-refractivity contribution in [3.05, 3.63) is 0 Å². The van der Waals surface area contributed by atoms with Gasteiger partial charge in [0.2, 0.25) is 0 Å². The smallest absolute Gasteiger partial charge is 0.317 e. The number of rotatable bonds is 5. The van der Waals surface area contributed by atoms with Gasteiger partial charge in [-0.3, -0.25) is 4.79 Å². The van der Waals surface area contributed by atoms with Crippen LogP contribution >= 0.6 is 0 Å². The van der Waals surface area contributed by atoms with Crippen LogP contribution < -0.4 is 5.32 Å². The first kappa shape index (κ1) is 16.7. The third kappa shape index (κ3) is 4.99. The number of nitrogens with zero attached hydrogens (tertiary/aromatic N) is 1. The lowest BCUT2D eigenvalue weighted by Gasteiger charge is -2.28. The third-order valence-electron chi connectivity index (χ3n) is 3.47. The first-order valence-corrected chi connectivity index (χ1v) is 8.56. The van der Waals surface area contributed by atoms with Crippen molar-refractivity contribution < 1.29 is 23.1 Å². The van der Waals surface area contributed by atoms with Gasteiger partial charge in [-0.05, 0) is 19.8 Å². The summed E-state index contributed by atoms with van der Waals surface area (Å²) in [5.74, 6) is -1.39. The highest BCUT2D eigenvalue weighted by molar-refractivity contribution is 7.91. The van der Waals surface area contributed by atoms with Gasteiger partial charge in [0.15, 0.2) is 0 Å². The quantitative estimate of drug-likeness (QED) is 0.761. The number of hydrogen-bond donors (Lipinski definition) is 2. The summed E-state index contributed by atoms with van der Waals surface area (Å²) in [4.78, 5) is 24.3. The maximum Gasteiger partial charge on any atom is 0.317 e. The molecule has 0 aromatic rings. The monoisotopic (exact) mass is 306 g/mol. The van der Waals surface area contributed by atoms with E-state index in [4.69, 9.17) is 5.11 Å². The minimum Gasteiger partial charge on any atom is -0.481 e. The Balaban J connectivity index is 2.49. The van der Waals surface area contributed by atoms with Crippen molar-refractivity contribution in [3.8, 4) is 0 Å². The lowest BCUT2D eigenvalue weighted by atomic mass is 10.1. The van der Waals surface area contributed by atoms with Crippen molar-refractivity contribution in [2.24, 2.45) is 5.92 Å². The van der Waals surface area contributed by atoms with Gasteiger partial charge < -0.3 is 15.3 Å². The van der Waals surface area contributed by atoms with Crippen molar-refractivity contribution in [2.45, 2.75) is 32.7 Å². The fourth-order valence-corrected chi connectivity index (χ4v) is 3.56. The molecule has 1 unspecified atom stereocenters. The molecule has 1 aliphatic rings. The van der Waals surface area contributed by atoms with Crippen LogP contribution in [0.15, 0.2) is 0 Å². The molecule has 1 rings (SSSR count). The van der Waals surface area contributed by atoms with Gasteiger partial charge in [0.05, 0.1) is 17.4 Å². The molecule has 2 N–H and O–H groups in total. The second kappa shape index (κ2) is 6.92. The number of amides is 2. The molecule has 1 fully saturated rings. The highest BCUT2D eigenvalue weighted by atomic mass is 32.2. The van der Waals surface area contributed by atoms with E-state index in [1.165, 1.54) is 4.90 Å². The van der Waals surface area contributed by atoms with Gasteiger partial charge in [-0.1, -0.05) is 6.92 Å². The number of sulfone groups is 1. The van der Waals surface area contributed by atoms with E-state index in [9.17, 15) is 18.0 Å². The van der Waals surface area contributed by atoms with Crippen LogP contribution in [0.5, 0.6) is 0 Å². The van der Waals surface area contributed by atoms with Crippen LogP contribution in [-0.2, 0) is 14.6 Å². The summed E-state index contributed by atoms with van der Waals surface area (Å²) in [6.07, 6.45) is 0.834. The molecular formula is C12H22N2O5S. The van der Waals surface area contributed by atoms with Crippen molar-refractivity contribution >= 4 is 21.8 Å². The summed E-state index contributed by atoms with van der Waals surface area (Å²) < 4.78 is 22.6. The van der Waals surface area contributed by atoms with Crippen LogP contribution in [-0.4, -0.2) is 61.1 Å². The Kier molecular flexibility index (Phi) is 5.79. The van der Waals surface area contributed by atoms with E-state index in [0.717, 1.165) is 0 Å². The zero-order chi connectivity index (χ0) is 15.3. The van der Waals surface area contributed by atoms with E-state index in [-0.39, 0.29) is 30.1 Å². The van der Waals surface area contributed by atoms with E-state index in [1.54, 1.807) is 13.8 Å². The van der Waals surface area contributed by atoms with Gasteiger partial charge in [-0.25, -0.2) is 13.2 Å². The Morgan fingerprint density at radius 2 is 1.90 bits per heavy atom. The normalized spacial score (nSPS) is 20.1. The second-order valence-electron chi connectivity index (χ2n) is 5.15. The van der Waals surface area contributed by atoms with Gasteiger partial charge in [0, 0.05) is 19.1 Å². The second-order valence-corrected chi connectivity index (χ2v) is 7.46. The predicted octanol–water partition coefficient (Wildman–Crippen LogP) is 0.316. The fourth-order valence-electron chi connectivity index (χ4n) is 2.06. The number of aliphatic carboxylic acids is 1. The number of urea groups is 1. The largest absolute Gasteiger partial charge is 0.481 e. The molecule has 116 valence electrons. The molecule has 0 radical (unpaired) electrons. The van der Waals surface area contributed by atoms with Gasteiger partial charge in [0.25, 0.3) is 0 Å². The first-order chi connectivity index (χ1) is 9.25. The number of carbonyl (C=O) groups excluding carboxylic acids is 1. The molecule has 0 aromatic carbocycles. The molecule has 1 heterocycles. The van der Waals surface area contributed by atoms with Crippen LogP contribution in [0.3, 0.4) is 0 Å². The number of carboxylic acid groups (broad SMARTS) is 1. The molecule has 0 spiro atoms. The van der Waals surface area contributed by atoms with Crippen molar-refractivity contribution in [1.29, 1.82) is 0 Å². The van der Waals surface area contributed by atoms with Crippen LogP contribution in [0.1, 0.15) is 26.7 Å². The minimum absolute atomic E-state index is 0.0929. The van der Waals surface area contributed by atoms with Gasteiger partial charge in [-0.15, -0.1) is 0 Å². The minimum atomic E-state index is -2.95. The molecule has 1 saturated heterocycles. The molecule has 1 atom stereocenters. The van der Waals surface area contributed by atoms with Gasteiger partial charge >= 0.3 is 12.0 Å². The molecule has 0 aromatic heterocycles. The Morgan fingerprint density at radius 3 is 2.35 bits per heavy atom. The van der Waals surface area contributed by atoms with E-state index in [2.05, 4.69) is 5.32 Å². The number of hydrogen-bond acceptors (Lipinski definition) is 4. The summed E-state index contributed by atoms with van der Waals surface area (Å²) in [5, 5.41) is 11.6. The summed E-state index contributed by atoms with van der Waals surface area (Å²) in [5.41, 5.74) is 0. The number of carboxylic acids is 1. The average Bonchev–Trinajstić information content (AvgIpc) is 2.37. The molecule has 1 aliphatic heterocycles. The Hall–Kier alpha value is -1.31. The van der Waals surface area contributed by atoms with Crippen molar-refractivity contribution in [2.75, 3.05) is 24.6 Å². The lowest BCUT2D eigenvalue weighted by Crippen LogP contribution is -2.49. The van der Waals surface area contributed by atoms with Gasteiger partial charge in [0.1, 0.15) is 9.84 Å². The summed E-state index contributed by atoms with van der Waals surface area (Å²) in [6, 6.07) is -0.481. The molecule has 20 heavy (non-hydrogen) atoms. The summed E-state index contributed by atoms with van der Waals surface area (Å²) in [6.45, 7) is 3.88. The molecule has 7 nitrogen and oxygen atoms in total. The zero-order valence-corrected chi connectivity index (χ0v) is 12.6. The van der Waals surface area contributed by atoms with Gasteiger partial charge in [-0.2, -0.15) is 0 Å². The van der Waals surface area contributed by atoms with Crippen LogP contribution in [0.2, 0.25) is 0 Å². The topological polar surface area (TPSA) is 104 Å². The fraction of sp³-hybridized carbons (Fsp3) is 0.833. The van der Waals surface area contributed by atoms with Crippen molar-refractivity contribution in [3.63, 3.8) is 0 Å². The Bertz CT molecular complexity index is 448. The van der Waals surface area contributed by atoms with Crippen LogP contribution in [0.4, 0.5) is 4.79 Å². The third-order valence-corrected chi connectivity index (χ3v) is 5.18. The zero-order valence-electron chi connectivity index (χ0n) is 11.8. The SMILES string of the molecule is CCN(CC(C)C(=O)O)C(=O)NC1CCS(=O)(=O)CC1. The standard InChI is InChI=1S/C12H22N2O5S/c1-3-14(8-9(2)11(15)16)12(17)13-10-4-6-20(18,19)7-5-10/h9-10H,3-8H2,1-2H3,(H,13,17)(H,15,16). The number of nitrogens with one attached hydrogen (secondary N) is 1. The average molecular weight is 306 g/mol. The lowest BCUT2D eigenvalue weighted by molar-refractivity contribution is -0.141. The van der Waals surface area contributed by atoms with Crippen LogP contribution in [0.25, 0.3) is 0 Å². The molecular weight excluding hydrogens is 284 g/mol. The Morgan fingerprint density at radius 1 is 1.35 bits per heavy atom. The maximum atomic E-state index is 12.0. The predicted molar refractivity (Wildman–Crippen MR) is 74.3 cm³/mol. The van der Waals surface area contributed by atoms with E-state index < -0.39 is 21.7 Å². The molecule has 0 saturated carbocycles. The maximum absolute atomic E-state index is 12.0. The van der Waals surface area contributed by atoms with E-state index in [1.807, 2.05) is 0 Å². The molecule has 8 heteroatoms. The molecule has 2 amide bonds. The first-order valence-electron chi connectivity index (χ1n) is 6.74. The number of carbonyl (C=O) groups is 2. The Labute approximate surface area is 119 Å². The molecule has 0 bridgehead atoms. The van der Waals surface area contributed by atoms with E-state index >= 15 is 0 Å². The van der Waals surface area contributed by atoms with Crippen LogP contribution in [0, 0.1) is 5.92 Å². The summed E-state index contributed by atoms with van der Waals surface area (Å²) in [7, 11) is -2.95.